The van der Waals surface area contributed by atoms with E-state index in [9.17, 15) is 17.6 Å². The predicted molar refractivity (Wildman–Crippen MR) is 398 cm³/mol. The van der Waals surface area contributed by atoms with Crippen LogP contribution >= 0.6 is 69.6 Å². The molecule has 0 amide bonds. The fourth-order valence-electron chi connectivity index (χ4n) is 7.84. The Morgan fingerprint density at radius 2 is 0.742 bits per heavy atom. The number of rotatable bonds is 8. The Morgan fingerprint density at radius 1 is 0.398 bits per heavy atom. The van der Waals surface area contributed by atoms with Crippen LogP contribution in [0.2, 0.25) is 30.1 Å². The number of aryl methyl sites for hydroxylation is 7. The summed E-state index contributed by atoms with van der Waals surface area (Å²) in [6.45, 7) is 32.1. The van der Waals surface area contributed by atoms with Crippen molar-refractivity contribution in [2.24, 2.45) is 22.9 Å². The third kappa shape index (κ3) is 36.7. The van der Waals surface area contributed by atoms with Crippen LogP contribution in [0, 0.1) is 33.5 Å². The molecule has 0 heterocycles. The second-order valence-electron chi connectivity index (χ2n) is 23.9. The molecule has 0 fully saturated rings. The molecule has 0 saturated heterocycles. The molecule has 0 saturated carbocycles. The van der Waals surface area contributed by atoms with Gasteiger partial charge in [-0.3, -0.25) is 0 Å². The van der Waals surface area contributed by atoms with Crippen LogP contribution < -0.4 is 22.9 Å². The van der Waals surface area contributed by atoms with Crippen molar-refractivity contribution in [1.29, 1.82) is 0 Å². The van der Waals surface area contributed by atoms with E-state index in [2.05, 4.69) is 84.9 Å². The molecular weight excluding hydrogens is 1290 g/mol. The van der Waals surface area contributed by atoms with Gasteiger partial charge in [0.1, 0.15) is 5.82 Å². The second kappa shape index (κ2) is 44.1. The van der Waals surface area contributed by atoms with Crippen LogP contribution in [0.1, 0.15) is 166 Å². The molecule has 9 aromatic carbocycles. The third-order valence-electron chi connectivity index (χ3n) is 14.0. The first kappa shape index (κ1) is 85.3. The number of halogens is 10. The molecule has 0 spiro atoms. The maximum Gasteiger partial charge on any atom is 0.416 e. The van der Waals surface area contributed by atoms with E-state index in [0.29, 0.717) is 19.0 Å². The molecule has 8 N–H and O–H groups in total. The standard InChI is InChI=1S/C10H14ClN.C10H13Cl.C9H12ClN.C9H11Cl.C9H9F3.C8H10ClN.C8H9Cl.C8H9F.C8H11N/c1-7-6-8(10(2,3)12)4-5-9(7)11;1-10(2,3)8-4-6-9(11)7-5-8;1-6-5-8(7(2)11)3-4-9(6)10;1-7(2)8-3-5-9(10)6-4-8;1-2-7-3-5-8(6-4-7)9(10,11)12;1-6-4-7(5-10)2-3-8(6)9;2*1-2-7-3-5-8(9)6-4-7;1-7-3-2-4-8(5-7)6-9/h4-6H,12H2,1-3H3;4-7H,1-3H3;3-5,7H,11H2,1-2H3;3-7H,1-2H3;3-6H,2H2,1H3;2-4H,5,10H2,1H3;2*3-6H,2H2,1H3;2-5H,6,9H2,1H3. The first-order chi connectivity index (χ1) is 43.5. The van der Waals surface area contributed by atoms with E-state index in [1.54, 1.807) is 12.1 Å². The number of hydrogen-bond donors (Lipinski definition) is 4. The van der Waals surface area contributed by atoms with Gasteiger partial charge in [0.25, 0.3) is 0 Å². The highest BCUT2D eigenvalue weighted by Gasteiger charge is 2.29. The molecule has 1 atom stereocenters. The van der Waals surface area contributed by atoms with Crippen LogP contribution in [0.4, 0.5) is 17.6 Å². The van der Waals surface area contributed by atoms with Gasteiger partial charge < -0.3 is 22.9 Å². The van der Waals surface area contributed by atoms with Gasteiger partial charge in [-0.05, 0) is 225 Å². The highest BCUT2D eigenvalue weighted by atomic mass is 35.5. The number of benzene rings is 9. The molecule has 9 aromatic rings. The maximum atomic E-state index is 12.2. The minimum atomic E-state index is -4.22. The Bertz CT molecular complexity index is 3440. The van der Waals surface area contributed by atoms with Crippen molar-refractivity contribution in [2.75, 3.05) is 0 Å². The van der Waals surface area contributed by atoms with Crippen molar-refractivity contribution in [1.82, 2.24) is 0 Å². The van der Waals surface area contributed by atoms with Crippen LogP contribution in [0.25, 0.3) is 0 Å². The number of alkyl halides is 3. The molecule has 9 rings (SSSR count). The molecule has 0 aliphatic heterocycles. The van der Waals surface area contributed by atoms with Gasteiger partial charge in [-0.15, -0.1) is 0 Å². The van der Waals surface area contributed by atoms with Gasteiger partial charge in [-0.2, -0.15) is 13.2 Å². The molecule has 4 nitrogen and oxygen atoms in total. The Balaban J connectivity index is 0.000000524. The fourth-order valence-corrected chi connectivity index (χ4v) is 8.57. The van der Waals surface area contributed by atoms with Gasteiger partial charge in [0.15, 0.2) is 0 Å². The summed E-state index contributed by atoms with van der Waals surface area (Å²) < 4.78 is 48.3. The van der Waals surface area contributed by atoms with Crippen molar-refractivity contribution in [3.63, 3.8) is 0 Å². The Morgan fingerprint density at radius 3 is 1.10 bits per heavy atom. The highest BCUT2D eigenvalue weighted by molar-refractivity contribution is 6.32. The fraction of sp³-hybridized carbons (Fsp3) is 0.316. The molecule has 504 valence electrons. The largest absolute Gasteiger partial charge is 0.416 e. The summed E-state index contributed by atoms with van der Waals surface area (Å²) >= 11 is 34.7. The van der Waals surface area contributed by atoms with Gasteiger partial charge in [0, 0.05) is 54.8 Å². The molecule has 1 unspecified atom stereocenters. The summed E-state index contributed by atoms with van der Waals surface area (Å²) in [6, 6.07) is 61.6. The third-order valence-corrected chi connectivity index (χ3v) is 16.0. The van der Waals surface area contributed by atoms with Crippen molar-refractivity contribution in [3.05, 3.63) is 314 Å². The Labute approximate surface area is 585 Å². The summed E-state index contributed by atoms with van der Waals surface area (Å²) in [5.74, 6) is 0.435. The summed E-state index contributed by atoms with van der Waals surface area (Å²) in [6.07, 6.45) is -1.40. The van der Waals surface area contributed by atoms with Crippen molar-refractivity contribution < 1.29 is 17.6 Å². The van der Waals surface area contributed by atoms with Crippen molar-refractivity contribution in [2.45, 2.75) is 165 Å². The number of nitrogens with two attached hydrogens (primary N) is 4. The summed E-state index contributed by atoms with van der Waals surface area (Å²) in [4.78, 5) is 0. The zero-order chi connectivity index (χ0) is 70.6. The van der Waals surface area contributed by atoms with E-state index in [1.807, 2.05) is 171 Å². The van der Waals surface area contributed by atoms with Crippen LogP contribution in [0.3, 0.4) is 0 Å². The highest BCUT2D eigenvalue weighted by Crippen LogP contribution is 2.30. The van der Waals surface area contributed by atoms with E-state index >= 15 is 0 Å². The molecule has 0 aliphatic carbocycles. The summed E-state index contributed by atoms with van der Waals surface area (Å²) in [5, 5.41) is 4.82. The smallest absolute Gasteiger partial charge is 0.326 e. The predicted octanol–water partition coefficient (Wildman–Crippen LogP) is 24.7. The van der Waals surface area contributed by atoms with Crippen LogP contribution in [-0.4, -0.2) is 0 Å². The molecule has 93 heavy (non-hydrogen) atoms. The average molecular weight is 1390 g/mol. The van der Waals surface area contributed by atoms with Crippen molar-refractivity contribution in [3.8, 4) is 0 Å². The lowest BCUT2D eigenvalue weighted by Crippen LogP contribution is -2.28. The SMILES string of the molecule is CC(C)(C)c1ccc(Cl)cc1.CC(C)c1ccc(Cl)cc1.CCc1ccc(C(F)(F)F)cc1.CCc1ccc(Cl)cc1.CCc1ccc(F)cc1.Cc1cc(C(C)(C)N)ccc1Cl.Cc1cc(C(C)N)ccc1Cl.Cc1cc(CN)ccc1Cl.Cc1cccc(CN)c1. The van der Waals surface area contributed by atoms with Gasteiger partial charge in [0.05, 0.1) is 5.56 Å². The molecule has 0 aliphatic rings. The molecule has 14 heteroatoms. The molecule has 0 bridgehead atoms. The van der Waals surface area contributed by atoms with Crippen LogP contribution in [0.5, 0.6) is 0 Å². The Hall–Kier alpha value is -5.72. The van der Waals surface area contributed by atoms with Gasteiger partial charge in [0.2, 0.25) is 0 Å². The van der Waals surface area contributed by atoms with Gasteiger partial charge >= 0.3 is 6.18 Å². The van der Waals surface area contributed by atoms with E-state index in [0.717, 1.165) is 100 Å². The minimum Gasteiger partial charge on any atom is -0.326 e. The lowest BCUT2D eigenvalue weighted by Gasteiger charge is -2.19. The molecule has 0 aromatic heterocycles. The monoisotopic (exact) mass is 1390 g/mol. The van der Waals surface area contributed by atoms with Crippen molar-refractivity contribution >= 4 is 69.6 Å². The zero-order valence-corrected chi connectivity index (χ0v) is 61.4. The average Bonchev–Trinajstić information content (AvgIpc) is 1.34. The lowest BCUT2D eigenvalue weighted by atomic mass is 9.87. The van der Waals surface area contributed by atoms with Crippen LogP contribution in [-0.2, 0) is 49.5 Å². The number of hydrogen-bond acceptors (Lipinski definition) is 4. The molecule has 0 radical (unpaired) electrons. The maximum absolute atomic E-state index is 12.2. The van der Waals surface area contributed by atoms with Gasteiger partial charge in [-0.25, -0.2) is 4.39 Å². The Kier molecular flexibility index (Phi) is 40.4. The van der Waals surface area contributed by atoms with E-state index < -0.39 is 11.7 Å². The summed E-state index contributed by atoms with van der Waals surface area (Å²) in [5.41, 5.74) is 37.0. The minimum absolute atomic E-state index is 0.0889. The topological polar surface area (TPSA) is 104 Å². The summed E-state index contributed by atoms with van der Waals surface area (Å²) in [7, 11) is 0. The zero-order valence-electron chi connectivity index (χ0n) is 56.8. The van der Waals surface area contributed by atoms with E-state index in [4.69, 9.17) is 92.5 Å². The normalized spacial score (nSPS) is 10.9. The van der Waals surface area contributed by atoms with Crippen LogP contribution in [0.15, 0.2) is 200 Å². The lowest BCUT2D eigenvalue weighted by molar-refractivity contribution is -0.137. The first-order valence-electron chi connectivity index (χ1n) is 30.9. The van der Waals surface area contributed by atoms with E-state index in [-0.39, 0.29) is 22.8 Å². The second-order valence-corrected chi connectivity index (χ2v) is 26.5. The first-order valence-corrected chi connectivity index (χ1v) is 33.2. The quantitative estimate of drug-likeness (QED) is 0.114. The van der Waals surface area contributed by atoms with Gasteiger partial charge in [-0.1, -0.05) is 252 Å². The molecular formula is C79H98Cl6F4N4. The van der Waals surface area contributed by atoms with E-state index in [1.165, 1.54) is 57.6 Å².